The van der Waals surface area contributed by atoms with E-state index in [0.717, 1.165) is 41.4 Å². The van der Waals surface area contributed by atoms with Gasteiger partial charge in [-0.3, -0.25) is 0 Å². The van der Waals surface area contributed by atoms with Crippen LogP contribution in [-0.2, 0) is 37.0 Å². The molecule has 2 aromatic carbocycles. The van der Waals surface area contributed by atoms with E-state index in [1.54, 1.807) is 14.0 Å². The van der Waals surface area contributed by atoms with Gasteiger partial charge in [0.2, 0.25) is 0 Å². The Kier molecular flexibility index (Phi) is 10.8. The molecule has 1 aliphatic heterocycles. The summed E-state index contributed by atoms with van der Waals surface area (Å²) in [5.41, 5.74) is 3.77. The van der Waals surface area contributed by atoms with Crippen LogP contribution in [0.3, 0.4) is 0 Å². The minimum Gasteiger partial charge on any atom is -0.370 e. The average Bonchev–Trinajstić information content (AvgIpc) is 2.92. The van der Waals surface area contributed by atoms with Gasteiger partial charge in [-0.05, 0) is 50.3 Å². The normalized spacial score (nSPS) is 26.2. The summed E-state index contributed by atoms with van der Waals surface area (Å²) < 4.78 is 25.4. The first-order chi connectivity index (χ1) is 18.2. The van der Waals surface area contributed by atoms with E-state index in [0.29, 0.717) is 19.6 Å². The number of rotatable bonds is 13. The van der Waals surface area contributed by atoms with Crippen LogP contribution in [0.15, 0.2) is 96.1 Å². The van der Waals surface area contributed by atoms with Crippen LogP contribution in [0.25, 0.3) is 0 Å². The fourth-order valence-corrected chi connectivity index (χ4v) is 5.02. The van der Waals surface area contributed by atoms with Crippen LogP contribution < -0.4 is 0 Å². The van der Waals surface area contributed by atoms with Crippen molar-refractivity contribution in [1.82, 2.24) is 0 Å². The molecule has 0 saturated carbocycles. The molecule has 0 radical (unpaired) electrons. The summed E-state index contributed by atoms with van der Waals surface area (Å²) in [6.45, 7) is 12.9. The zero-order chi connectivity index (χ0) is 27.6. The smallest absolute Gasteiger partial charge is 0.194 e. The van der Waals surface area contributed by atoms with Gasteiger partial charge in [-0.1, -0.05) is 97.5 Å². The highest BCUT2D eigenvalue weighted by Gasteiger charge is 2.56. The first-order valence-corrected chi connectivity index (χ1v) is 13.3. The molecule has 3 rings (SSSR count). The molecule has 0 amide bonds. The van der Waals surface area contributed by atoms with Crippen LogP contribution in [-0.4, -0.2) is 37.0 Å². The summed E-state index contributed by atoms with van der Waals surface area (Å²) in [5.74, 6) is -1.17. The van der Waals surface area contributed by atoms with Gasteiger partial charge in [-0.25, -0.2) is 0 Å². The number of ether oxygens (including phenoxy) is 4. The lowest BCUT2D eigenvalue weighted by Crippen LogP contribution is -2.64. The Bertz CT molecular complexity index is 1110. The zero-order valence-corrected chi connectivity index (χ0v) is 23.4. The summed E-state index contributed by atoms with van der Waals surface area (Å²) in [7, 11) is 1.60. The van der Waals surface area contributed by atoms with E-state index in [2.05, 4.69) is 26.5 Å². The first-order valence-electron chi connectivity index (χ1n) is 13.3. The van der Waals surface area contributed by atoms with Crippen molar-refractivity contribution in [3.8, 4) is 0 Å². The van der Waals surface area contributed by atoms with Gasteiger partial charge in [0, 0.05) is 13.5 Å². The summed E-state index contributed by atoms with van der Waals surface area (Å²) in [6.07, 6.45) is 5.99. The van der Waals surface area contributed by atoms with Gasteiger partial charge in [0.25, 0.3) is 0 Å². The average molecular weight is 519 g/mol. The van der Waals surface area contributed by atoms with Gasteiger partial charge in [0.05, 0.1) is 19.3 Å². The molecule has 0 aromatic heterocycles. The Hall–Kier alpha value is -2.83. The lowest BCUT2D eigenvalue weighted by atomic mass is 9.83. The molecule has 2 aromatic rings. The summed E-state index contributed by atoms with van der Waals surface area (Å²) in [6, 6.07) is 19.9. The number of hydrogen-bond acceptors (Lipinski definition) is 5. The molecule has 1 saturated heterocycles. The highest BCUT2D eigenvalue weighted by atomic mass is 16.7. The van der Waals surface area contributed by atoms with E-state index >= 15 is 0 Å². The number of allylic oxidation sites excluding steroid dienone is 4. The maximum Gasteiger partial charge on any atom is 0.194 e. The van der Waals surface area contributed by atoms with Crippen molar-refractivity contribution in [3.05, 3.63) is 107 Å². The van der Waals surface area contributed by atoms with Crippen LogP contribution in [0.5, 0.6) is 0 Å². The predicted octanol–water partition coefficient (Wildman–Crippen LogP) is 7.13. The third kappa shape index (κ3) is 7.61. The lowest BCUT2D eigenvalue weighted by molar-refractivity contribution is -0.325. The molecule has 0 N–H and O–H groups in total. The first kappa shape index (κ1) is 29.7. The molecule has 1 aliphatic rings. The molecule has 4 atom stereocenters. The second-order valence-electron chi connectivity index (χ2n) is 10.2. The van der Waals surface area contributed by atoms with Crippen molar-refractivity contribution < 1.29 is 23.7 Å². The topological polar surface area (TPSA) is 54.0 Å². The molecule has 1 heterocycles. The fourth-order valence-electron chi connectivity index (χ4n) is 5.02. The van der Waals surface area contributed by atoms with Gasteiger partial charge in [-0.15, -0.1) is 0 Å². The van der Waals surface area contributed by atoms with Crippen molar-refractivity contribution in [1.29, 1.82) is 0 Å². The number of carbonyl (C=O) groups is 1. The van der Waals surface area contributed by atoms with E-state index in [1.165, 1.54) is 5.57 Å². The Morgan fingerprint density at radius 1 is 1.03 bits per heavy atom. The van der Waals surface area contributed by atoms with E-state index < -0.39 is 23.6 Å². The highest BCUT2D eigenvalue weighted by molar-refractivity contribution is 5.64. The van der Waals surface area contributed by atoms with Crippen LogP contribution >= 0.6 is 0 Å². The predicted molar refractivity (Wildman–Crippen MR) is 152 cm³/mol. The fraction of sp³-hybridized carbons (Fsp3) is 0.424. The Morgan fingerprint density at radius 2 is 1.61 bits per heavy atom. The molecular formula is C33H42O5. The van der Waals surface area contributed by atoms with Crippen LogP contribution in [0.2, 0.25) is 0 Å². The lowest BCUT2D eigenvalue weighted by Gasteiger charge is -2.51. The molecule has 0 bridgehead atoms. The third-order valence-corrected chi connectivity index (χ3v) is 6.98. The van der Waals surface area contributed by atoms with Crippen molar-refractivity contribution >= 4 is 6.29 Å². The number of benzene rings is 2. The van der Waals surface area contributed by atoms with Gasteiger partial charge in [-0.2, -0.15) is 0 Å². The molecule has 5 heteroatoms. The van der Waals surface area contributed by atoms with E-state index in [1.807, 2.05) is 73.7 Å². The molecule has 1 fully saturated rings. The third-order valence-electron chi connectivity index (χ3n) is 6.98. The van der Waals surface area contributed by atoms with E-state index in [4.69, 9.17) is 18.9 Å². The zero-order valence-electron chi connectivity index (χ0n) is 23.4. The Labute approximate surface area is 228 Å². The number of methoxy groups -OCH3 is 1. The maximum absolute atomic E-state index is 12.6. The van der Waals surface area contributed by atoms with Crippen molar-refractivity contribution in [2.45, 2.75) is 83.8 Å². The van der Waals surface area contributed by atoms with Gasteiger partial charge in [0.1, 0.15) is 6.10 Å². The van der Waals surface area contributed by atoms with E-state index in [9.17, 15) is 4.79 Å². The van der Waals surface area contributed by atoms with Crippen molar-refractivity contribution in [3.63, 3.8) is 0 Å². The number of aldehydes is 1. The van der Waals surface area contributed by atoms with Crippen LogP contribution in [0, 0.1) is 0 Å². The van der Waals surface area contributed by atoms with Gasteiger partial charge < -0.3 is 23.7 Å². The maximum atomic E-state index is 12.6. The minimum absolute atomic E-state index is 0.331. The molecule has 38 heavy (non-hydrogen) atoms. The number of carbonyl (C=O) groups excluding carboxylic acids is 1. The van der Waals surface area contributed by atoms with Gasteiger partial charge in [0.15, 0.2) is 17.7 Å². The second-order valence-corrected chi connectivity index (χ2v) is 10.2. The minimum atomic E-state index is -1.31. The van der Waals surface area contributed by atoms with Crippen molar-refractivity contribution in [2.24, 2.45) is 0 Å². The molecule has 204 valence electrons. The molecular weight excluding hydrogens is 476 g/mol. The summed E-state index contributed by atoms with van der Waals surface area (Å²) >= 11 is 0. The summed E-state index contributed by atoms with van der Waals surface area (Å²) in [4.78, 5) is 12.6. The van der Waals surface area contributed by atoms with Crippen molar-refractivity contribution in [2.75, 3.05) is 7.11 Å². The molecule has 1 unspecified atom stereocenters. The largest absolute Gasteiger partial charge is 0.370 e. The van der Waals surface area contributed by atoms with E-state index in [-0.39, 0.29) is 0 Å². The monoisotopic (exact) mass is 518 g/mol. The summed E-state index contributed by atoms with van der Waals surface area (Å²) in [5, 5.41) is 0. The van der Waals surface area contributed by atoms with Gasteiger partial charge >= 0.3 is 0 Å². The number of hydrogen-bond donors (Lipinski definition) is 0. The SMILES string of the molecule is C=C(/C=C(\C)[C@@]1(OC)CC(OCc2ccccc2)[C@H](OCc2ccccc2)[C@@](C)(C=O)O1)C/C(C)=C/CC. The quantitative estimate of drug-likeness (QED) is 0.160. The molecule has 5 nitrogen and oxygen atoms in total. The molecule has 0 aliphatic carbocycles. The highest BCUT2D eigenvalue weighted by Crippen LogP contribution is 2.43. The molecule has 0 spiro atoms. The Balaban J connectivity index is 1.92. The standard InChI is InChI=1S/C33H42O5/c1-7-14-25(2)19-26(3)20-27(4)33(35-6)21-30(36-22-28-15-10-8-11-16-28)31(32(5,24-34)38-33)37-23-29-17-12-9-13-18-29/h8-18,20,24,30-31H,3,7,19,21-23H2,1-2,4-6H3/b25-14+,27-20+/t30?,31-,32+,33+/m0/s1. The van der Waals surface area contributed by atoms with Crippen LogP contribution in [0.4, 0.5) is 0 Å². The van der Waals surface area contributed by atoms with Crippen LogP contribution in [0.1, 0.15) is 58.1 Å². The Morgan fingerprint density at radius 3 is 2.13 bits per heavy atom. The second kappa shape index (κ2) is 13.8.